The van der Waals surface area contributed by atoms with Crippen LogP contribution in [0.3, 0.4) is 0 Å². The standard InChI is InChI=1S/C16H19N3O2/c1-3-12(15-14(5-1)20-11-21-15)9-17-10-13-4-2-7-19-8-6-18-16(13)19/h1,3,5-6,8,13,17H,2,4,7,9-11H2/t13-/m0/s1. The molecule has 110 valence electrons. The fourth-order valence-electron chi connectivity index (χ4n) is 3.21. The van der Waals surface area contributed by atoms with Crippen molar-refractivity contribution in [2.45, 2.75) is 31.8 Å². The molecule has 21 heavy (non-hydrogen) atoms. The van der Waals surface area contributed by atoms with Gasteiger partial charge in [0.05, 0.1) is 0 Å². The van der Waals surface area contributed by atoms with Gasteiger partial charge in [0.2, 0.25) is 6.79 Å². The third-order valence-corrected chi connectivity index (χ3v) is 4.25. The maximum Gasteiger partial charge on any atom is 0.231 e. The molecule has 5 heteroatoms. The lowest BCUT2D eigenvalue weighted by atomic mass is 9.99. The molecule has 1 atom stereocenters. The highest BCUT2D eigenvalue weighted by molar-refractivity contribution is 5.48. The molecule has 1 N–H and O–H groups in total. The molecule has 0 saturated heterocycles. The van der Waals surface area contributed by atoms with Crippen molar-refractivity contribution in [2.24, 2.45) is 0 Å². The molecule has 0 bridgehead atoms. The third-order valence-electron chi connectivity index (χ3n) is 4.25. The van der Waals surface area contributed by atoms with Crippen LogP contribution in [-0.4, -0.2) is 22.9 Å². The zero-order valence-electron chi connectivity index (χ0n) is 11.9. The van der Waals surface area contributed by atoms with Gasteiger partial charge in [0.25, 0.3) is 0 Å². The van der Waals surface area contributed by atoms with E-state index in [9.17, 15) is 0 Å². The average Bonchev–Trinajstić information content (AvgIpc) is 3.16. The highest BCUT2D eigenvalue weighted by Crippen LogP contribution is 2.35. The molecule has 0 unspecified atom stereocenters. The quantitative estimate of drug-likeness (QED) is 0.936. The number of para-hydroxylation sites is 1. The minimum Gasteiger partial charge on any atom is -0.454 e. The minimum atomic E-state index is 0.326. The molecule has 4 rings (SSSR count). The van der Waals surface area contributed by atoms with Crippen LogP contribution in [-0.2, 0) is 13.1 Å². The Morgan fingerprint density at radius 2 is 2.33 bits per heavy atom. The highest BCUT2D eigenvalue weighted by atomic mass is 16.7. The molecule has 1 aromatic carbocycles. The van der Waals surface area contributed by atoms with E-state index in [-0.39, 0.29) is 0 Å². The smallest absolute Gasteiger partial charge is 0.231 e. The summed E-state index contributed by atoms with van der Waals surface area (Å²) in [5.41, 5.74) is 1.16. The Labute approximate surface area is 123 Å². The maximum absolute atomic E-state index is 5.54. The number of hydrogen-bond donors (Lipinski definition) is 1. The van der Waals surface area contributed by atoms with Gasteiger partial charge in [0.1, 0.15) is 5.82 Å². The third kappa shape index (κ3) is 2.38. The molecular weight excluding hydrogens is 266 g/mol. The Balaban J connectivity index is 1.40. The second-order valence-electron chi connectivity index (χ2n) is 5.60. The minimum absolute atomic E-state index is 0.326. The van der Waals surface area contributed by atoms with E-state index >= 15 is 0 Å². The van der Waals surface area contributed by atoms with Crippen molar-refractivity contribution < 1.29 is 9.47 Å². The predicted octanol–water partition coefficient (Wildman–Crippen LogP) is 2.28. The molecule has 0 spiro atoms. The number of hydrogen-bond acceptors (Lipinski definition) is 4. The van der Waals surface area contributed by atoms with Crippen molar-refractivity contribution in [1.82, 2.24) is 14.9 Å². The van der Waals surface area contributed by atoms with Gasteiger partial charge in [-0.05, 0) is 18.9 Å². The molecule has 2 aliphatic heterocycles. The number of fused-ring (bicyclic) bond motifs is 2. The van der Waals surface area contributed by atoms with Crippen molar-refractivity contribution in [3.63, 3.8) is 0 Å². The molecule has 0 fully saturated rings. The largest absolute Gasteiger partial charge is 0.454 e. The fraction of sp³-hybridized carbons (Fsp3) is 0.438. The van der Waals surface area contributed by atoms with Crippen molar-refractivity contribution in [1.29, 1.82) is 0 Å². The number of ether oxygens (including phenoxy) is 2. The van der Waals surface area contributed by atoms with Gasteiger partial charge < -0.3 is 19.4 Å². The number of benzene rings is 1. The number of rotatable bonds is 4. The molecule has 2 aliphatic rings. The van der Waals surface area contributed by atoms with E-state index in [1.807, 2.05) is 18.3 Å². The Morgan fingerprint density at radius 1 is 1.33 bits per heavy atom. The van der Waals surface area contributed by atoms with Gasteiger partial charge in [-0.3, -0.25) is 0 Å². The van der Waals surface area contributed by atoms with Gasteiger partial charge in [-0.15, -0.1) is 0 Å². The van der Waals surface area contributed by atoms with Crippen LogP contribution in [0, 0.1) is 0 Å². The lowest BCUT2D eigenvalue weighted by molar-refractivity contribution is 0.173. The fourth-order valence-corrected chi connectivity index (χ4v) is 3.21. The summed E-state index contributed by atoms with van der Waals surface area (Å²) >= 11 is 0. The van der Waals surface area contributed by atoms with Crippen LogP contribution in [0.1, 0.15) is 30.1 Å². The van der Waals surface area contributed by atoms with Gasteiger partial charge in [-0.25, -0.2) is 4.98 Å². The van der Waals surface area contributed by atoms with Crippen LogP contribution in [0.15, 0.2) is 30.6 Å². The number of aryl methyl sites for hydroxylation is 1. The van der Waals surface area contributed by atoms with Crippen LogP contribution >= 0.6 is 0 Å². The molecule has 3 heterocycles. The first-order valence-electron chi connectivity index (χ1n) is 7.51. The first-order valence-corrected chi connectivity index (χ1v) is 7.51. The first-order chi connectivity index (χ1) is 10.4. The normalized spacial score (nSPS) is 19.5. The van der Waals surface area contributed by atoms with Crippen LogP contribution in [0.2, 0.25) is 0 Å². The Morgan fingerprint density at radius 3 is 3.33 bits per heavy atom. The average molecular weight is 285 g/mol. The summed E-state index contributed by atoms with van der Waals surface area (Å²) in [4.78, 5) is 4.50. The lowest BCUT2D eigenvalue weighted by Gasteiger charge is -2.23. The maximum atomic E-state index is 5.54. The number of nitrogens with one attached hydrogen (secondary N) is 1. The van der Waals surface area contributed by atoms with Gasteiger partial charge in [0.15, 0.2) is 11.5 Å². The molecule has 0 radical (unpaired) electrons. The van der Waals surface area contributed by atoms with Crippen LogP contribution in [0.5, 0.6) is 11.5 Å². The Bertz CT molecular complexity index is 638. The van der Waals surface area contributed by atoms with Crippen molar-refractivity contribution in [3.05, 3.63) is 42.0 Å². The van der Waals surface area contributed by atoms with Gasteiger partial charge in [-0.1, -0.05) is 12.1 Å². The molecule has 0 saturated carbocycles. The lowest BCUT2D eigenvalue weighted by Crippen LogP contribution is -2.26. The Hall–Kier alpha value is -2.01. The van der Waals surface area contributed by atoms with Crippen LogP contribution < -0.4 is 14.8 Å². The van der Waals surface area contributed by atoms with Crippen molar-refractivity contribution >= 4 is 0 Å². The van der Waals surface area contributed by atoms with Gasteiger partial charge in [-0.2, -0.15) is 0 Å². The topological polar surface area (TPSA) is 48.3 Å². The first kappa shape index (κ1) is 12.7. The van der Waals surface area contributed by atoms with E-state index in [4.69, 9.17) is 9.47 Å². The summed E-state index contributed by atoms with van der Waals surface area (Å²) in [5, 5.41) is 3.54. The number of imidazole rings is 1. The molecule has 2 aromatic rings. The predicted molar refractivity (Wildman–Crippen MR) is 78.5 cm³/mol. The molecule has 5 nitrogen and oxygen atoms in total. The SMILES string of the molecule is c1cc(CNC[C@@H]2CCCn3ccnc32)c2c(c1)OCO2. The van der Waals surface area contributed by atoms with E-state index in [2.05, 4.69) is 27.1 Å². The summed E-state index contributed by atoms with van der Waals surface area (Å²) in [6.07, 6.45) is 6.42. The van der Waals surface area contributed by atoms with E-state index in [1.165, 1.54) is 18.7 Å². The highest BCUT2D eigenvalue weighted by Gasteiger charge is 2.21. The monoisotopic (exact) mass is 285 g/mol. The summed E-state index contributed by atoms with van der Waals surface area (Å²) in [6, 6.07) is 6.05. The van der Waals surface area contributed by atoms with Gasteiger partial charge in [0, 0.05) is 43.5 Å². The zero-order chi connectivity index (χ0) is 14.1. The van der Waals surface area contributed by atoms with E-state index in [1.54, 1.807) is 0 Å². The van der Waals surface area contributed by atoms with E-state index < -0.39 is 0 Å². The molecular formula is C16H19N3O2. The second-order valence-corrected chi connectivity index (χ2v) is 5.60. The summed E-state index contributed by atoms with van der Waals surface area (Å²) < 4.78 is 13.2. The number of aromatic nitrogens is 2. The zero-order valence-corrected chi connectivity index (χ0v) is 11.9. The molecule has 0 amide bonds. The van der Waals surface area contributed by atoms with Crippen molar-refractivity contribution in [2.75, 3.05) is 13.3 Å². The summed E-state index contributed by atoms with van der Waals surface area (Å²) in [6.45, 7) is 3.17. The van der Waals surface area contributed by atoms with Crippen LogP contribution in [0.25, 0.3) is 0 Å². The van der Waals surface area contributed by atoms with Crippen LogP contribution in [0.4, 0.5) is 0 Å². The van der Waals surface area contributed by atoms with Crippen molar-refractivity contribution in [3.8, 4) is 11.5 Å². The van der Waals surface area contributed by atoms with Gasteiger partial charge >= 0.3 is 0 Å². The molecule has 0 aliphatic carbocycles. The molecule has 1 aromatic heterocycles. The Kier molecular flexibility index (Phi) is 3.27. The second kappa shape index (κ2) is 5.41. The van der Waals surface area contributed by atoms with E-state index in [0.717, 1.165) is 36.7 Å². The van der Waals surface area contributed by atoms with E-state index in [0.29, 0.717) is 12.7 Å². The summed E-state index contributed by atoms with van der Waals surface area (Å²) in [5.74, 6) is 3.45. The summed E-state index contributed by atoms with van der Waals surface area (Å²) in [7, 11) is 0. The number of nitrogens with zero attached hydrogens (tertiary/aromatic N) is 2.